The summed E-state index contributed by atoms with van der Waals surface area (Å²) in [4.78, 5) is 10.3. The zero-order chi connectivity index (χ0) is 13.0. The van der Waals surface area contributed by atoms with Gasteiger partial charge in [0.25, 0.3) is 0 Å². The van der Waals surface area contributed by atoms with E-state index in [4.69, 9.17) is 17.3 Å². The smallest absolute Gasteiger partial charge is 0.147 e. The summed E-state index contributed by atoms with van der Waals surface area (Å²) in [5, 5.41) is 0.576. The van der Waals surface area contributed by atoms with Crippen molar-refractivity contribution in [2.45, 2.75) is 6.42 Å². The number of nitrogens with two attached hydrogens (primary N) is 1. The third kappa shape index (κ3) is 3.11. The van der Waals surface area contributed by atoms with Gasteiger partial charge >= 0.3 is 0 Å². The largest absolute Gasteiger partial charge is 0.397 e. The molecule has 0 spiro atoms. The van der Waals surface area contributed by atoms with E-state index in [9.17, 15) is 0 Å². The molecule has 0 atom stereocenters. The predicted molar refractivity (Wildman–Crippen MR) is 74.9 cm³/mol. The number of pyridine rings is 2. The number of nitrogens with zero attached hydrogens (tertiary/aromatic N) is 3. The maximum absolute atomic E-state index is 6.11. The first-order valence-corrected chi connectivity index (χ1v) is 6.05. The second kappa shape index (κ2) is 5.69. The van der Waals surface area contributed by atoms with Crippen molar-refractivity contribution in [1.82, 2.24) is 9.97 Å². The van der Waals surface area contributed by atoms with Crippen LogP contribution in [0.15, 0.2) is 36.8 Å². The molecule has 0 saturated carbocycles. The first-order chi connectivity index (χ1) is 8.66. The molecule has 0 amide bonds. The second-order valence-corrected chi connectivity index (χ2v) is 4.51. The van der Waals surface area contributed by atoms with Crippen LogP contribution >= 0.6 is 11.6 Å². The van der Waals surface area contributed by atoms with Gasteiger partial charge in [0, 0.05) is 26.0 Å². The zero-order valence-corrected chi connectivity index (χ0v) is 10.9. The van der Waals surface area contributed by atoms with Crippen molar-refractivity contribution in [3.05, 3.63) is 47.4 Å². The van der Waals surface area contributed by atoms with Crippen LogP contribution in [0.1, 0.15) is 5.56 Å². The van der Waals surface area contributed by atoms with Crippen molar-refractivity contribution >= 4 is 23.1 Å². The summed E-state index contributed by atoms with van der Waals surface area (Å²) in [5.74, 6) is 0.750. The fourth-order valence-electron chi connectivity index (χ4n) is 1.68. The Morgan fingerprint density at radius 3 is 2.72 bits per heavy atom. The van der Waals surface area contributed by atoms with Gasteiger partial charge in [-0.2, -0.15) is 0 Å². The van der Waals surface area contributed by atoms with Crippen molar-refractivity contribution < 1.29 is 0 Å². The maximum Gasteiger partial charge on any atom is 0.147 e. The van der Waals surface area contributed by atoms with Gasteiger partial charge in [-0.15, -0.1) is 0 Å². The Balaban J connectivity index is 2.01. The summed E-state index contributed by atoms with van der Waals surface area (Å²) in [6, 6.07) is 5.73. The van der Waals surface area contributed by atoms with E-state index < -0.39 is 0 Å². The first-order valence-electron chi connectivity index (χ1n) is 5.68. The van der Waals surface area contributed by atoms with Gasteiger partial charge in [-0.1, -0.05) is 11.6 Å². The van der Waals surface area contributed by atoms with E-state index in [1.807, 2.05) is 24.1 Å². The monoisotopic (exact) mass is 262 g/mol. The molecule has 2 heterocycles. The van der Waals surface area contributed by atoms with Gasteiger partial charge in [0.15, 0.2) is 0 Å². The lowest BCUT2D eigenvalue weighted by atomic mass is 10.2. The molecule has 0 aliphatic rings. The Hall–Kier alpha value is -1.81. The third-order valence-corrected chi connectivity index (χ3v) is 2.97. The van der Waals surface area contributed by atoms with Crippen LogP contribution < -0.4 is 10.6 Å². The average Bonchev–Trinajstić information content (AvgIpc) is 2.37. The Morgan fingerprint density at radius 1 is 1.33 bits per heavy atom. The summed E-state index contributed by atoms with van der Waals surface area (Å²) >= 11 is 6.11. The lowest BCUT2D eigenvalue weighted by Gasteiger charge is -2.19. The molecule has 0 aromatic carbocycles. The summed E-state index contributed by atoms with van der Waals surface area (Å²) in [5.41, 5.74) is 7.43. The van der Waals surface area contributed by atoms with Gasteiger partial charge in [-0.3, -0.25) is 4.98 Å². The Morgan fingerprint density at radius 2 is 2.06 bits per heavy atom. The average molecular weight is 263 g/mol. The minimum absolute atomic E-state index is 0.575. The topological polar surface area (TPSA) is 55.0 Å². The molecule has 0 aliphatic heterocycles. The predicted octanol–water partition coefficient (Wildman–Crippen LogP) is 2.39. The van der Waals surface area contributed by atoms with E-state index >= 15 is 0 Å². The lowest BCUT2D eigenvalue weighted by Crippen LogP contribution is -2.21. The number of likely N-dealkylation sites (N-methyl/N-ethyl adjacent to an activating group) is 1. The Bertz CT molecular complexity index is 516. The molecule has 0 aliphatic carbocycles. The van der Waals surface area contributed by atoms with Crippen LogP contribution in [0.3, 0.4) is 0 Å². The molecule has 2 N–H and O–H groups in total. The normalized spacial score (nSPS) is 10.3. The molecule has 2 aromatic heterocycles. The Kier molecular flexibility index (Phi) is 3.99. The number of anilines is 2. The van der Waals surface area contributed by atoms with Gasteiger partial charge in [0.05, 0.1) is 16.9 Å². The highest BCUT2D eigenvalue weighted by Crippen LogP contribution is 2.24. The van der Waals surface area contributed by atoms with E-state index in [1.54, 1.807) is 24.7 Å². The molecule has 18 heavy (non-hydrogen) atoms. The van der Waals surface area contributed by atoms with Crippen LogP contribution in [0.4, 0.5) is 11.5 Å². The van der Waals surface area contributed by atoms with Crippen LogP contribution in [0.5, 0.6) is 0 Å². The van der Waals surface area contributed by atoms with E-state index in [1.165, 1.54) is 5.56 Å². The van der Waals surface area contributed by atoms with E-state index in [0.717, 1.165) is 18.8 Å². The molecule has 94 valence electrons. The molecule has 2 rings (SSSR count). The molecule has 0 radical (unpaired) electrons. The van der Waals surface area contributed by atoms with Crippen LogP contribution in [0.2, 0.25) is 5.02 Å². The van der Waals surface area contributed by atoms with E-state index in [0.29, 0.717) is 10.7 Å². The molecule has 2 aromatic rings. The molecular formula is C13H15ClN4. The highest BCUT2D eigenvalue weighted by molar-refractivity contribution is 6.33. The number of nitrogen functional groups attached to an aromatic ring is 1. The van der Waals surface area contributed by atoms with Crippen LogP contribution in [0, 0.1) is 0 Å². The van der Waals surface area contributed by atoms with Crippen molar-refractivity contribution in [3.63, 3.8) is 0 Å². The number of hydrogen-bond acceptors (Lipinski definition) is 4. The van der Waals surface area contributed by atoms with Crippen molar-refractivity contribution in [2.75, 3.05) is 24.2 Å². The molecular weight excluding hydrogens is 248 g/mol. The van der Waals surface area contributed by atoms with Gasteiger partial charge in [-0.25, -0.2) is 4.98 Å². The van der Waals surface area contributed by atoms with E-state index in [-0.39, 0.29) is 0 Å². The third-order valence-electron chi connectivity index (χ3n) is 2.69. The van der Waals surface area contributed by atoms with Gasteiger partial charge in [0.1, 0.15) is 5.82 Å². The highest BCUT2D eigenvalue weighted by atomic mass is 35.5. The van der Waals surface area contributed by atoms with E-state index in [2.05, 4.69) is 9.97 Å². The summed E-state index contributed by atoms with van der Waals surface area (Å²) in [7, 11) is 1.96. The van der Waals surface area contributed by atoms with Crippen LogP contribution in [-0.4, -0.2) is 23.6 Å². The standard InChI is InChI=1S/C13H15ClN4/c1-18(7-4-10-2-5-16-6-3-10)13-12(14)8-11(15)9-17-13/h2-3,5-6,8-9H,4,7,15H2,1H3. The zero-order valence-electron chi connectivity index (χ0n) is 10.2. The minimum atomic E-state index is 0.575. The molecule has 0 saturated heterocycles. The quantitative estimate of drug-likeness (QED) is 0.919. The Labute approximate surface area is 111 Å². The number of rotatable bonds is 4. The summed E-state index contributed by atoms with van der Waals surface area (Å²) in [6.07, 6.45) is 6.12. The minimum Gasteiger partial charge on any atom is -0.397 e. The summed E-state index contributed by atoms with van der Waals surface area (Å²) in [6.45, 7) is 0.834. The lowest BCUT2D eigenvalue weighted by molar-refractivity contribution is 0.859. The molecule has 0 fully saturated rings. The van der Waals surface area contributed by atoms with Crippen LogP contribution in [0.25, 0.3) is 0 Å². The first kappa shape index (κ1) is 12.6. The van der Waals surface area contributed by atoms with Gasteiger partial charge < -0.3 is 10.6 Å². The molecule has 4 nitrogen and oxygen atoms in total. The van der Waals surface area contributed by atoms with Crippen molar-refractivity contribution in [3.8, 4) is 0 Å². The van der Waals surface area contributed by atoms with Crippen molar-refractivity contribution in [2.24, 2.45) is 0 Å². The number of halogens is 1. The molecule has 5 heteroatoms. The number of aromatic nitrogens is 2. The summed E-state index contributed by atoms with van der Waals surface area (Å²) < 4.78 is 0. The fourth-order valence-corrected chi connectivity index (χ4v) is 2.00. The highest BCUT2D eigenvalue weighted by Gasteiger charge is 2.08. The second-order valence-electron chi connectivity index (χ2n) is 4.10. The maximum atomic E-state index is 6.11. The number of hydrogen-bond donors (Lipinski definition) is 1. The molecule has 0 unspecified atom stereocenters. The van der Waals surface area contributed by atoms with Gasteiger partial charge in [0.2, 0.25) is 0 Å². The SMILES string of the molecule is CN(CCc1ccncc1)c1ncc(N)cc1Cl. The molecule has 0 bridgehead atoms. The van der Waals surface area contributed by atoms with Crippen molar-refractivity contribution in [1.29, 1.82) is 0 Å². The van der Waals surface area contributed by atoms with Crippen LogP contribution in [-0.2, 0) is 6.42 Å². The van der Waals surface area contributed by atoms with Gasteiger partial charge in [-0.05, 0) is 30.2 Å². The fraction of sp³-hybridized carbons (Fsp3) is 0.231.